The molecular formula is C33H52O2. The minimum atomic E-state index is -0.0329. The molecule has 3 fully saturated rings. The molecule has 35 heavy (non-hydrogen) atoms. The Morgan fingerprint density at radius 1 is 1.11 bits per heavy atom. The molecule has 3 saturated carbocycles. The Morgan fingerprint density at radius 3 is 2.74 bits per heavy atom. The number of hydrogen-bond acceptors (Lipinski definition) is 2. The fourth-order valence-corrected chi connectivity index (χ4v) is 9.35. The molecule has 4 aliphatic carbocycles. The average molecular weight is 481 g/mol. The van der Waals surface area contributed by atoms with Gasteiger partial charge in [0.2, 0.25) is 0 Å². The van der Waals surface area contributed by atoms with Crippen LogP contribution in [0.2, 0.25) is 0 Å². The molecule has 0 spiro atoms. The van der Waals surface area contributed by atoms with Crippen molar-refractivity contribution in [2.45, 2.75) is 130 Å². The van der Waals surface area contributed by atoms with Crippen LogP contribution in [0, 0.1) is 40.4 Å². The Balaban J connectivity index is 1.27. The summed E-state index contributed by atoms with van der Waals surface area (Å²) in [5.74, 6) is 4.18. The molecule has 2 heteroatoms. The number of ether oxygens (including phenoxy) is 2. The topological polar surface area (TPSA) is 18.5 Å². The lowest BCUT2D eigenvalue weighted by atomic mass is 9.43. The van der Waals surface area contributed by atoms with Gasteiger partial charge in [0, 0.05) is 6.42 Å². The first-order valence-corrected chi connectivity index (χ1v) is 15.1. The zero-order valence-corrected chi connectivity index (χ0v) is 23.2. The van der Waals surface area contributed by atoms with E-state index in [1.54, 1.807) is 11.1 Å². The zero-order valence-electron chi connectivity index (χ0n) is 23.2. The maximum absolute atomic E-state index is 6.43. The number of hydrogen-bond donors (Lipinski definition) is 0. The van der Waals surface area contributed by atoms with E-state index in [0.29, 0.717) is 16.9 Å². The summed E-state index contributed by atoms with van der Waals surface area (Å²) in [5.41, 5.74) is 4.17. The lowest BCUT2D eigenvalue weighted by molar-refractivity contribution is -0.161. The third-order valence-corrected chi connectivity index (χ3v) is 11.3. The molecule has 0 N–H and O–H groups in total. The molecule has 5 rings (SSSR count). The van der Waals surface area contributed by atoms with Crippen LogP contribution in [0.15, 0.2) is 36.1 Å². The van der Waals surface area contributed by atoms with Crippen molar-refractivity contribution in [3.8, 4) is 0 Å². The molecule has 196 valence electrons. The first-order valence-electron chi connectivity index (χ1n) is 15.1. The first-order chi connectivity index (χ1) is 16.8. The van der Waals surface area contributed by atoms with Gasteiger partial charge in [-0.3, -0.25) is 0 Å². The maximum atomic E-state index is 6.43. The van der Waals surface area contributed by atoms with E-state index in [4.69, 9.17) is 16.1 Å². The SMILES string of the molecule is C=C(CCCC(C)C)[C@H]1CCCC2C3CC=C4C[C@@H](OC5CCC=CO5)CC[C@]4(C)C3CC[C@@]21C. The van der Waals surface area contributed by atoms with Gasteiger partial charge in [0.25, 0.3) is 0 Å². The molecule has 0 aromatic heterocycles. The van der Waals surface area contributed by atoms with Gasteiger partial charge in [0.05, 0.1) is 12.4 Å². The van der Waals surface area contributed by atoms with Crippen molar-refractivity contribution in [2.75, 3.05) is 0 Å². The van der Waals surface area contributed by atoms with Crippen LogP contribution in [0.4, 0.5) is 0 Å². The van der Waals surface area contributed by atoms with Gasteiger partial charge < -0.3 is 9.47 Å². The van der Waals surface area contributed by atoms with Crippen LogP contribution in [0.5, 0.6) is 0 Å². The van der Waals surface area contributed by atoms with Crippen molar-refractivity contribution >= 4 is 0 Å². The zero-order chi connectivity index (χ0) is 24.6. The van der Waals surface area contributed by atoms with Crippen LogP contribution in [0.3, 0.4) is 0 Å². The summed E-state index contributed by atoms with van der Waals surface area (Å²) >= 11 is 0. The van der Waals surface area contributed by atoms with Gasteiger partial charge in [-0.15, -0.1) is 0 Å². The number of fused-ring (bicyclic) bond motifs is 5. The molecule has 2 nitrogen and oxygen atoms in total. The molecule has 0 aromatic rings. The minimum Gasteiger partial charge on any atom is -0.473 e. The predicted molar refractivity (Wildman–Crippen MR) is 146 cm³/mol. The molecule has 4 unspecified atom stereocenters. The lowest BCUT2D eigenvalue weighted by Gasteiger charge is -2.62. The Hall–Kier alpha value is -1.02. The molecule has 1 heterocycles. The largest absolute Gasteiger partial charge is 0.473 e. The van der Waals surface area contributed by atoms with Crippen LogP contribution < -0.4 is 0 Å². The fourth-order valence-electron chi connectivity index (χ4n) is 9.35. The van der Waals surface area contributed by atoms with Crippen molar-refractivity contribution in [3.05, 3.63) is 36.1 Å². The first kappa shape index (κ1) is 25.6. The Kier molecular flexibility index (Phi) is 7.61. The van der Waals surface area contributed by atoms with Gasteiger partial charge in [0.15, 0.2) is 6.29 Å². The highest BCUT2D eigenvalue weighted by atomic mass is 16.7. The summed E-state index contributed by atoms with van der Waals surface area (Å²) < 4.78 is 12.2. The fraction of sp³-hybridized carbons (Fsp3) is 0.818. The normalized spacial score (nSPS) is 42.9. The molecule has 0 saturated heterocycles. The number of rotatable bonds is 7. The summed E-state index contributed by atoms with van der Waals surface area (Å²) in [7, 11) is 0. The summed E-state index contributed by atoms with van der Waals surface area (Å²) in [5, 5.41) is 0. The second-order valence-electron chi connectivity index (χ2n) is 13.7. The third kappa shape index (κ3) is 4.95. The minimum absolute atomic E-state index is 0.0329. The van der Waals surface area contributed by atoms with E-state index in [2.05, 4.69) is 39.8 Å². The molecule has 0 amide bonds. The Morgan fingerprint density at radius 2 is 1.97 bits per heavy atom. The molecule has 0 bridgehead atoms. The standard InChI is InChI=1S/C33H52O2/c1-23(2)10-8-11-24(3)28-12-9-13-29-27-16-15-25-22-26(35-31-14-6-7-21-34-31)17-19-32(25,4)30(27)18-20-33(28,29)5/h7,15,21,23,26-31H,3,6,8-14,16-20,22H2,1-2,4-5H3/t26-,27?,28+,29?,30?,31?,32-,33+/m0/s1. The van der Waals surface area contributed by atoms with Crippen molar-refractivity contribution in [3.63, 3.8) is 0 Å². The average Bonchev–Trinajstić information content (AvgIpc) is 2.83. The summed E-state index contributed by atoms with van der Waals surface area (Å²) in [6.45, 7) is 14.7. The predicted octanol–water partition coefficient (Wildman–Crippen LogP) is 9.37. The van der Waals surface area contributed by atoms with Gasteiger partial charge in [-0.1, -0.05) is 64.3 Å². The van der Waals surface area contributed by atoms with Crippen LogP contribution >= 0.6 is 0 Å². The van der Waals surface area contributed by atoms with Crippen LogP contribution in [-0.4, -0.2) is 12.4 Å². The van der Waals surface area contributed by atoms with Crippen molar-refractivity contribution in [1.82, 2.24) is 0 Å². The van der Waals surface area contributed by atoms with E-state index >= 15 is 0 Å². The Bertz CT molecular complexity index is 823. The van der Waals surface area contributed by atoms with E-state index in [0.717, 1.165) is 48.9 Å². The molecule has 5 aliphatic rings. The second kappa shape index (κ2) is 10.4. The highest BCUT2D eigenvalue weighted by Gasteiger charge is 2.57. The summed E-state index contributed by atoms with van der Waals surface area (Å²) in [4.78, 5) is 0. The van der Waals surface area contributed by atoms with E-state index in [1.807, 2.05) is 6.26 Å². The van der Waals surface area contributed by atoms with Crippen LogP contribution in [0.1, 0.15) is 118 Å². The second-order valence-corrected chi connectivity index (χ2v) is 13.7. The monoisotopic (exact) mass is 480 g/mol. The molecule has 0 aromatic carbocycles. The van der Waals surface area contributed by atoms with Gasteiger partial charge >= 0.3 is 0 Å². The number of allylic oxidation sites excluding steroid dienone is 3. The van der Waals surface area contributed by atoms with E-state index in [-0.39, 0.29) is 6.29 Å². The molecular weight excluding hydrogens is 428 g/mol. The van der Waals surface area contributed by atoms with Crippen LogP contribution in [-0.2, 0) is 9.47 Å². The van der Waals surface area contributed by atoms with E-state index in [1.165, 1.54) is 70.6 Å². The van der Waals surface area contributed by atoms with Crippen molar-refractivity contribution < 1.29 is 9.47 Å². The van der Waals surface area contributed by atoms with Gasteiger partial charge in [0.1, 0.15) is 0 Å². The third-order valence-electron chi connectivity index (χ3n) is 11.3. The lowest BCUT2D eigenvalue weighted by Crippen LogP contribution is -2.54. The van der Waals surface area contributed by atoms with Gasteiger partial charge in [-0.2, -0.15) is 0 Å². The highest BCUT2D eigenvalue weighted by molar-refractivity contribution is 5.26. The highest BCUT2D eigenvalue weighted by Crippen LogP contribution is 2.66. The smallest absolute Gasteiger partial charge is 0.199 e. The maximum Gasteiger partial charge on any atom is 0.199 e. The van der Waals surface area contributed by atoms with E-state index < -0.39 is 0 Å². The summed E-state index contributed by atoms with van der Waals surface area (Å²) in [6.07, 6.45) is 24.9. The Labute approximate surface area is 216 Å². The van der Waals surface area contributed by atoms with Gasteiger partial charge in [-0.05, 0) is 117 Å². The molecule has 8 atom stereocenters. The van der Waals surface area contributed by atoms with E-state index in [9.17, 15) is 0 Å². The van der Waals surface area contributed by atoms with Crippen molar-refractivity contribution in [1.29, 1.82) is 0 Å². The molecule has 1 aliphatic heterocycles. The van der Waals surface area contributed by atoms with Crippen LogP contribution in [0.25, 0.3) is 0 Å². The molecule has 0 radical (unpaired) electrons. The van der Waals surface area contributed by atoms with Crippen molar-refractivity contribution in [2.24, 2.45) is 40.4 Å². The van der Waals surface area contributed by atoms with Gasteiger partial charge in [-0.25, -0.2) is 0 Å². The quantitative estimate of drug-likeness (QED) is 0.338. The summed E-state index contributed by atoms with van der Waals surface area (Å²) in [6, 6.07) is 0.